The summed E-state index contributed by atoms with van der Waals surface area (Å²) in [6, 6.07) is 0. The van der Waals surface area contributed by atoms with Crippen molar-refractivity contribution in [1.82, 2.24) is 0 Å². The van der Waals surface area contributed by atoms with Gasteiger partial charge in [-0.05, 0) is 12.8 Å². The molecular formula is C4H6ClF5S. The van der Waals surface area contributed by atoms with Gasteiger partial charge in [0.05, 0.1) is 5.38 Å². The Kier molecular flexibility index (Phi) is 1.40. The van der Waals surface area contributed by atoms with E-state index in [1.54, 1.807) is 0 Å². The molecule has 0 aromatic rings. The summed E-state index contributed by atoms with van der Waals surface area (Å²) in [5.41, 5.74) is 0. The van der Waals surface area contributed by atoms with Crippen LogP contribution in [-0.4, -0.2) is 10.6 Å². The van der Waals surface area contributed by atoms with Crippen molar-refractivity contribution in [2.24, 2.45) is 0 Å². The average Bonchev–Trinajstić information content (AvgIpc) is 1.51. The quantitative estimate of drug-likeness (QED) is 0.458. The predicted octanol–water partition coefficient (Wildman–Crippen LogP) is 4.05. The van der Waals surface area contributed by atoms with E-state index in [4.69, 9.17) is 11.6 Å². The van der Waals surface area contributed by atoms with Crippen LogP contribution in [0.3, 0.4) is 0 Å². The summed E-state index contributed by atoms with van der Waals surface area (Å²) >= 11 is 5.01. The Morgan fingerprint density at radius 3 is 1.45 bits per heavy atom. The number of alkyl halides is 1. The van der Waals surface area contributed by atoms with Crippen LogP contribution in [0.1, 0.15) is 12.8 Å². The second kappa shape index (κ2) is 1.64. The van der Waals surface area contributed by atoms with Gasteiger partial charge in [-0.3, -0.25) is 0 Å². The smallest absolute Gasteiger partial charge is 0.121 e. The predicted molar refractivity (Wildman–Crippen MR) is 35.8 cm³/mol. The molecular weight excluding hydrogens is 211 g/mol. The van der Waals surface area contributed by atoms with Gasteiger partial charge < -0.3 is 0 Å². The first-order chi connectivity index (χ1) is 4.50. The van der Waals surface area contributed by atoms with Crippen LogP contribution < -0.4 is 0 Å². The summed E-state index contributed by atoms with van der Waals surface area (Å²) in [6.07, 6.45) is -0.510. The highest BCUT2D eigenvalue weighted by Crippen LogP contribution is 3.02. The minimum atomic E-state index is -9.26. The molecule has 11 heavy (non-hydrogen) atoms. The molecule has 0 aromatic carbocycles. The van der Waals surface area contributed by atoms with Crippen LogP contribution in [0.25, 0.3) is 0 Å². The Balaban J connectivity index is 2.90. The molecule has 0 radical (unpaired) electrons. The van der Waals surface area contributed by atoms with Crippen molar-refractivity contribution in [3.8, 4) is 0 Å². The topological polar surface area (TPSA) is 0 Å². The maximum Gasteiger partial charge on any atom is 0.289 e. The van der Waals surface area contributed by atoms with Crippen LogP contribution in [0.15, 0.2) is 0 Å². The molecule has 0 amide bonds. The second-order valence-corrected chi connectivity index (χ2v) is 5.88. The monoisotopic (exact) mass is 216 g/mol. The maximum absolute atomic E-state index is 11.8. The Labute approximate surface area is 65.4 Å². The Morgan fingerprint density at radius 2 is 1.45 bits per heavy atom. The molecule has 1 aliphatic carbocycles. The van der Waals surface area contributed by atoms with Gasteiger partial charge in [0.25, 0.3) is 10.2 Å². The molecule has 1 aliphatic rings. The summed E-state index contributed by atoms with van der Waals surface area (Å²) in [5, 5.41) is -3.98. The average molecular weight is 217 g/mol. The zero-order valence-electron chi connectivity index (χ0n) is 5.24. The van der Waals surface area contributed by atoms with E-state index in [0.717, 1.165) is 0 Å². The minimum absolute atomic E-state index is 0.0256. The van der Waals surface area contributed by atoms with Crippen molar-refractivity contribution < 1.29 is 19.4 Å². The van der Waals surface area contributed by atoms with Gasteiger partial charge in [-0.15, -0.1) is 11.6 Å². The van der Waals surface area contributed by atoms with Crippen LogP contribution in [0.5, 0.6) is 0 Å². The van der Waals surface area contributed by atoms with Crippen molar-refractivity contribution in [3.05, 3.63) is 0 Å². The summed E-state index contributed by atoms with van der Waals surface area (Å²) in [7, 11) is -9.26. The lowest BCUT2D eigenvalue weighted by atomic mass is 9.99. The van der Waals surface area contributed by atoms with Crippen LogP contribution in [-0.2, 0) is 0 Å². The Bertz CT molecular complexity index is 182. The van der Waals surface area contributed by atoms with Gasteiger partial charge in [-0.2, -0.15) is 0 Å². The molecule has 2 unspecified atom stereocenters. The Hall–Kier alpha value is 0.290. The number of rotatable bonds is 1. The van der Waals surface area contributed by atoms with Gasteiger partial charge in [-0.25, -0.2) is 0 Å². The van der Waals surface area contributed by atoms with Crippen LogP contribution >= 0.6 is 21.8 Å². The SMILES string of the molecule is FS(F)(F)(F)(F)C1CCC1Cl. The second-order valence-electron chi connectivity index (χ2n) is 2.66. The third kappa shape index (κ3) is 1.90. The standard InChI is InChI=1S/C4H6ClF5S/c5-3-1-2-4(3)11(6,7,8,9)10/h3-4H,1-2H2. The van der Waals surface area contributed by atoms with Gasteiger partial charge in [0.1, 0.15) is 5.25 Å². The fourth-order valence-corrected chi connectivity index (χ4v) is 3.04. The van der Waals surface area contributed by atoms with Crippen LogP contribution in [0, 0.1) is 0 Å². The van der Waals surface area contributed by atoms with Gasteiger partial charge in [-0.1, -0.05) is 19.4 Å². The van der Waals surface area contributed by atoms with Crippen molar-refractivity contribution in [3.63, 3.8) is 0 Å². The van der Waals surface area contributed by atoms with E-state index in [1.807, 2.05) is 0 Å². The van der Waals surface area contributed by atoms with Crippen LogP contribution in [0.2, 0.25) is 0 Å². The molecule has 2 atom stereocenters. The summed E-state index contributed by atoms with van der Waals surface area (Å²) in [4.78, 5) is 0. The fraction of sp³-hybridized carbons (Fsp3) is 1.00. The van der Waals surface area contributed by atoms with E-state index >= 15 is 0 Å². The van der Waals surface area contributed by atoms with E-state index in [2.05, 4.69) is 0 Å². The maximum atomic E-state index is 11.8. The molecule has 1 saturated carbocycles. The normalized spacial score (nSPS) is 38.7. The van der Waals surface area contributed by atoms with E-state index < -0.39 is 27.3 Å². The zero-order chi connectivity index (χ0) is 8.98. The minimum Gasteiger partial charge on any atom is -0.121 e. The van der Waals surface area contributed by atoms with Gasteiger partial charge in [0, 0.05) is 0 Å². The first-order valence-corrected chi connectivity index (χ1v) is 5.33. The van der Waals surface area contributed by atoms with Crippen molar-refractivity contribution >= 4 is 21.8 Å². The number of hydrogen-bond acceptors (Lipinski definition) is 0. The van der Waals surface area contributed by atoms with Crippen molar-refractivity contribution in [2.45, 2.75) is 23.5 Å². The molecule has 0 aliphatic heterocycles. The number of hydrogen-bond donors (Lipinski definition) is 0. The van der Waals surface area contributed by atoms with E-state index in [0.29, 0.717) is 0 Å². The number of halogens is 6. The molecule has 7 heteroatoms. The molecule has 0 aromatic heterocycles. The highest BCUT2D eigenvalue weighted by atomic mass is 35.5. The third-order valence-electron chi connectivity index (χ3n) is 1.70. The summed E-state index contributed by atoms with van der Waals surface area (Å²) in [5.74, 6) is 0. The molecule has 0 nitrogen and oxygen atoms in total. The first kappa shape index (κ1) is 9.38. The lowest BCUT2D eigenvalue weighted by Gasteiger charge is -2.52. The highest BCUT2D eigenvalue weighted by molar-refractivity contribution is 8.46. The highest BCUT2D eigenvalue weighted by Gasteiger charge is 2.73. The largest absolute Gasteiger partial charge is 0.289 e. The van der Waals surface area contributed by atoms with Crippen molar-refractivity contribution in [1.29, 1.82) is 0 Å². The molecule has 70 valence electrons. The fourth-order valence-electron chi connectivity index (χ4n) is 0.931. The Morgan fingerprint density at radius 1 is 1.00 bits per heavy atom. The first-order valence-electron chi connectivity index (χ1n) is 2.88. The lowest BCUT2D eigenvalue weighted by Crippen LogP contribution is -2.41. The molecule has 0 N–H and O–H groups in total. The van der Waals surface area contributed by atoms with Gasteiger partial charge in [0.15, 0.2) is 0 Å². The van der Waals surface area contributed by atoms with Gasteiger partial charge >= 0.3 is 0 Å². The molecule has 1 fully saturated rings. The molecule has 0 spiro atoms. The van der Waals surface area contributed by atoms with E-state index in [9.17, 15) is 19.4 Å². The lowest BCUT2D eigenvalue weighted by molar-refractivity contribution is 0.304. The van der Waals surface area contributed by atoms with Crippen molar-refractivity contribution in [2.75, 3.05) is 0 Å². The zero-order valence-corrected chi connectivity index (χ0v) is 6.82. The molecule has 1 rings (SSSR count). The van der Waals surface area contributed by atoms with E-state index in [1.165, 1.54) is 0 Å². The summed E-state index contributed by atoms with van der Waals surface area (Å²) < 4.78 is 59.1. The third-order valence-corrected chi connectivity index (χ3v) is 4.08. The molecule has 0 heterocycles. The van der Waals surface area contributed by atoms with Crippen LogP contribution in [0.4, 0.5) is 19.4 Å². The van der Waals surface area contributed by atoms with E-state index in [-0.39, 0.29) is 6.42 Å². The van der Waals surface area contributed by atoms with Gasteiger partial charge in [0.2, 0.25) is 0 Å². The summed E-state index contributed by atoms with van der Waals surface area (Å²) in [6.45, 7) is 0. The molecule has 0 bridgehead atoms. The molecule has 0 saturated heterocycles.